The van der Waals surface area contributed by atoms with Gasteiger partial charge in [0.05, 0.1) is 0 Å². The van der Waals surface area contributed by atoms with Crippen molar-refractivity contribution in [3.05, 3.63) is 0 Å². The fourth-order valence-electron chi connectivity index (χ4n) is 1.72. The highest BCUT2D eigenvalue weighted by Gasteiger charge is 2.96. The molecule has 0 bridgehead atoms. The summed E-state index contributed by atoms with van der Waals surface area (Å²) < 4.78 is 280. The van der Waals surface area contributed by atoms with Crippen molar-refractivity contribution >= 4 is 0 Å². The molecule has 0 aliphatic rings. The largest absolute Gasteiger partial charge is 0.460 e. The Balaban J connectivity index is 6.96. The molecule has 0 saturated carbocycles. The minimum absolute atomic E-state index is 6.93. The average molecular weight is 568 g/mol. The summed E-state index contributed by atoms with van der Waals surface area (Å²) in [5, 5.41) is 7.46. The van der Waals surface area contributed by atoms with Gasteiger partial charge < -0.3 is 5.11 Å². The van der Waals surface area contributed by atoms with E-state index in [9.17, 15) is 96.6 Å². The quantitative estimate of drug-likeness (QED) is 0.313. The third kappa shape index (κ3) is 3.88. The maximum absolute atomic E-state index is 13.2. The van der Waals surface area contributed by atoms with Gasteiger partial charge in [-0.2, -0.15) is 92.2 Å². The maximum atomic E-state index is 13.2. The minimum atomic E-state index is -9.21. The molecule has 0 amide bonds. The lowest BCUT2D eigenvalue weighted by atomic mass is 9.87. The van der Waals surface area contributed by atoms with Crippen LogP contribution in [0.2, 0.25) is 0 Å². The van der Waals surface area contributed by atoms with Crippen molar-refractivity contribution in [2.24, 2.45) is 0 Å². The molecule has 0 saturated heterocycles. The van der Waals surface area contributed by atoms with Crippen molar-refractivity contribution in [2.75, 3.05) is 0 Å². The molecule has 0 radical (unpaired) electrons. The summed E-state index contributed by atoms with van der Waals surface area (Å²) in [4.78, 5) is 0. The van der Waals surface area contributed by atoms with E-state index in [0.29, 0.717) is 0 Å². The molecule has 23 heteroatoms. The lowest BCUT2D eigenvalue weighted by Gasteiger charge is -2.43. The second-order valence-corrected chi connectivity index (χ2v) is 6.09. The van der Waals surface area contributed by atoms with Crippen molar-refractivity contribution in [1.82, 2.24) is 0 Å². The Morgan fingerprint density at radius 3 is 0.824 bits per heavy atom. The summed E-state index contributed by atoms with van der Waals surface area (Å²) in [5.41, 5.74) is 0. The Labute approximate surface area is 169 Å². The van der Waals surface area contributed by atoms with Gasteiger partial charge in [0, 0.05) is 0 Å². The highest BCUT2D eigenvalue weighted by atomic mass is 19.4. The monoisotopic (exact) mass is 568 g/mol. The molecule has 0 aliphatic carbocycles. The van der Waals surface area contributed by atoms with Crippen LogP contribution in [-0.2, 0) is 0 Å². The van der Waals surface area contributed by atoms with Crippen LogP contribution in [-0.4, -0.2) is 70.9 Å². The summed E-state index contributed by atoms with van der Waals surface area (Å²) in [7, 11) is 0. The van der Waals surface area contributed by atoms with E-state index in [0.717, 1.165) is 0 Å². The van der Waals surface area contributed by atoms with Crippen LogP contribution in [0.5, 0.6) is 0 Å². The van der Waals surface area contributed by atoms with Crippen LogP contribution in [0.25, 0.3) is 0 Å². The van der Waals surface area contributed by atoms with E-state index >= 15 is 0 Å². The van der Waals surface area contributed by atoms with Gasteiger partial charge in [0.15, 0.2) is 0 Å². The number of aliphatic hydroxyl groups is 1. The fraction of sp³-hybridized carbons (Fsp3) is 1.00. The van der Waals surface area contributed by atoms with Gasteiger partial charge in [0.2, 0.25) is 6.17 Å². The second kappa shape index (κ2) is 7.71. The SMILES string of the molecule is OC(F)(F)C(F)(F)C(F)C(F)(F)C(F)(F)C(F)(F)C(F)(F)C(F)(F)C(F)(F)C(F)(F)C(F)(F)F. The Kier molecular flexibility index (Phi) is 7.35. The van der Waals surface area contributed by atoms with Crippen molar-refractivity contribution in [3.63, 3.8) is 0 Å². The zero-order valence-corrected chi connectivity index (χ0v) is 14.3. The highest BCUT2D eigenvalue weighted by molar-refractivity contribution is 5.16. The molecule has 0 spiro atoms. The topological polar surface area (TPSA) is 20.2 Å². The lowest BCUT2D eigenvalue weighted by molar-refractivity contribution is -0.467. The van der Waals surface area contributed by atoms with Crippen LogP contribution < -0.4 is 0 Å². The Hall–Kier alpha value is -1.58. The van der Waals surface area contributed by atoms with Crippen molar-refractivity contribution < 1.29 is 102 Å². The molecule has 1 atom stereocenters. The first kappa shape index (κ1) is 32.4. The van der Waals surface area contributed by atoms with E-state index < -0.39 is 65.8 Å². The average Bonchev–Trinajstić information content (AvgIpc) is 2.57. The summed E-state index contributed by atoms with van der Waals surface area (Å²) >= 11 is 0. The molecular weight excluding hydrogens is 566 g/mol. The van der Waals surface area contributed by atoms with Gasteiger partial charge in [-0.05, 0) is 0 Å². The third-order valence-electron chi connectivity index (χ3n) is 3.78. The van der Waals surface area contributed by atoms with E-state index in [1.54, 1.807) is 0 Å². The number of alkyl halides is 22. The van der Waals surface area contributed by atoms with Crippen LogP contribution in [0.3, 0.4) is 0 Å². The molecular formula is C11H2F22O. The maximum Gasteiger partial charge on any atom is 0.460 e. The molecule has 0 heterocycles. The molecule has 0 aromatic heterocycles. The van der Waals surface area contributed by atoms with Crippen LogP contribution in [0.1, 0.15) is 0 Å². The third-order valence-corrected chi connectivity index (χ3v) is 3.78. The van der Waals surface area contributed by atoms with Crippen LogP contribution in [0.15, 0.2) is 0 Å². The fourth-order valence-corrected chi connectivity index (χ4v) is 1.72. The molecule has 206 valence electrons. The number of hydrogen-bond acceptors (Lipinski definition) is 1. The second-order valence-electron chi connectivity index (χ2n) is 6.09. The van der Waals surface area contributed by atoms with Gasteiger partial charge in [0.25, 0.3) is 0 Å². The Morgan fingerprint density at radius 2 is 0.588 bits per heavy atom. The van der Waals surface area contributed by atoms with E-state index in [-0.39, 0.29) is 0 Å². The van der Waals surface area contributed by atoms with Gasteiger partial charge in [-0.3, -0.25) is 0 Å². The first-order valence-electron chi connectivity index (χ1n) is 6.99. The molecule has 0 aromatic carbocycles. The first-order valence-corrected chi connectivity index (χ1v) is 6.99. The van der Waals surface area contributed by atoms with Crippen LogP contribution in [0.4, 0.5) is 96.6 Å². The molecule has 0 fully saturated rings. The normalized spacial score (nSPS) is 17.7. The van der Waals surface area contributed by atoms with Gasteiger partial charge in [-0.15, -0.1) is 0 Å². The van der Waals surface area contributed by atoms with Gasteiger partial charge in [-0.25, -0.2) is 4.39 Å². The number of halogens is 22. The lowest BCUT2D eigenvalue weighted by Crippen LogP contribution is -2.76. The van der Waals surface area contributed by atoms with E-state index in [4.69, 9.17) is 5.11 Å². The Morgan fingerprint density at radius 1 is 0.353 bits per heavy atom. The predicted molar refractivity (Wildman–Crippen MR) is 57.7 cm³/mol. The zero-order chi connectivity index (χ0) is 28.6. The molecule has 0 rings (SSSR count). The molecule has 1 nitrogen and oxygen atoms in total. The smallest absolute Gasteiger partial charge is 0.331 e. The summed E-state index contributed by atoms with van der Waals surface area (Å²) in [5.74, 6) is -69.9. The predicted octanol–water partition coefficient (Wildman–Crippen LogP) is 6.55. The summed E-state index contributed by atoms with van der Waals surface area (Å²) in [6.07, 6.45) is -22.2. The summed E-state index contributed by atoms with van der Waals surface area (Å²) in [6.45, 7) is 0. The van der Waals surface area contributed by atoms with Gasteiger partial charge >= 0.3 is 59.7 Å². The number of hydrogen-bond donors (Lipinski definition) is 1. The zero-order valence-electron chi connectivity index (χ0n) is 14.3. The molecule has 1 unspecified atom stereocenters. The van der Waals surface area contributed by atoms with Gasteiger partial charge in [0.1, 0.15) is 0 Å². The minimum Gasteiger partial charge on any atom is -0.331 e. The van der Waals surface area contributed by atoms with Crippen molar-refractivity contribution in [1.29, 1.82) is 0 Å². The number of rotatable bonds is 9. The van der Waals surface area contributed by atoms with Crippen LogP contribution >= 0.6 is 0 Å². The highest BCUT2D eigenvalue weighted by Crippen LogP contribution is 2.65. The van der Waals surface area contributed by atoms with Crippen LogP contribution in [0, 0.1) is 0 Å². The molecule has 34 heavy (non-hydrogen) atoms. The molecule has 0 aromatic rings. The summed E-state index contributed by atoms with van der Waals surface area (Å²) in [6, 6.07) is 0. The standard InChI is InChI=1S/C11H2F22O/c12-1(3(15,16)11(32,33)34)2(13,14)4(17,18)5(19,20)6(21,22)7(23,24)8(25,26)9(27,28)10(29,30)31/h1,34H. The van der Waals surface area contributed by atoms with E-state index in [1.165, 1.54) is 0 Å². The van der Waals surface area contributed by atoms with E-state index in [1.807, 2.05) is 0 Å². The molecule has 1 N–H and O–H groups in total. The van der Waals surface area contributed by atoms with E-state index in [2.05, 4.69) is 0 Å². The Bertz CT molecular complexity index is 739. The first-order chi connectivity index (χ1) is 14.2. The van der Waals surface area contributed by atoms with Crippen molar-refractivity contribution in [2.45, 2.75) is 65.8 Å². The molecule has 0 aliphatic heterocycles. The van der Waals surface area contributed by atoms with Gasteiger partial charge in [-0.1, -0.05) is 0 Å². The van der Waals surface area contributed by atoms with Crippen molar-refractivity contribution in [3.8, 4) is 0 Å².